The molecule has 0 saturated carbocycles. The molecule has 4 nitrogen and oxygen atoms in total. The van der Waals surface area contributed by atoms with Crippen molar-refractivity contribution >= 4 is 11.4 Å². The highest BCUT2D eigenvalue weighted by atomic mass is 16.3. The van der Waals surface area contributed by atoms with Crippen molar-refractivity contribution in [2.75, 3.05) is 11.2 Å². The lowest BCUT2D eigenvalue weighted by molar-refractivity contribution is 0.478. The van der Waals surface area contributed by atoms with Gasteiger partial charge in [-0.3, -0.25) is 5.84 Å². The van der Waals surface area contributed by atoms with Crippen LogP contribution in [0.15, 0.2) is 18.2 Å². The molecule has 4 heteroatoms. The highest BCUT2D eigenvalue weighted by molar-refractivity contribution is 5.61. The molecule has 0 radical (unpaired) electrons. The molecule has 0 heterocycles. The Morgan fingerprint density at radius 3 is 2.60 bits per heavy atom. The second-order valence-electron chi connectivity index (χ2n) is 1.92. The fourth-order valence-corrected chi connectivity index (χ4v) is 0.644. The molecule has 1 aromatic rings. The predicted octanol–water partition coefficient (Wildman–Crippen LogP) is 0.260. The summed E-state index contributed by atoms with van der Waals surface area (Å²) < 4.78 is 0. The second kappa shape index (κ2) is 2.45. The van der Waals surface area contributed by atoms with Gasteiger partial charge in [0, 0.05) is 0 Å². The number of anilines is 2. The standard InChI is InChI=1S/C6H9N3O/c7-5-3-4(9-8)1-2-6(5)10/h1-3,9-10H,7-8H2. The lowest BCUT2D eigenvalue weighted by Gasteiger charge is -2.01. The minimum atomic E-state index is 0.0685. The van der Waals surface area contributed by atoms with E-state index in [0.29, 0.717) is 11.4 Å². The number of aromatic hydroxyl groups is 1. The number of phenols is 1. The van der Waals surface area contributed by atoms with E-state index in [1.807, 2.05) is 0 Å². The van der Waals surface area contributed by atoms with Crippen LogP contribution in [0.25, 0.3) is 0 Å². The van der Waals surface area contributed by atoms with Gasteiger partial charge in [0.15, 0.2) is 0 Å². The molecular weight excluding hydrogens is 130 g/mol. The van der Waals surface area contributed by atoms with Gasteiger partial charge in [-0.15, -0.1) is 0 Å². The number of benzene rings is 1. The van der Waals surface area contributed by atoms with Gasteiger partial charge < -0.3 is 16.3 Å². The normalized spacial score (nSPS) is 9.30. The zero-order valence-electron chi connectivity index (χ0n) is 5.33. The monoisotopic (exact) mass is 139 g/mol. The smallest absolute Gasteiger partial charge is 0.138 e. The molecule has 0 aliphatic heterocycles. The van der Waals surface area contributed by atoms with Crippen LogP contribution in [0.1, 0.15) is 0 Å². The summed E-state index contributed by atoms with van der Waals surface area (Å²) in [6.07, 6.45) is 0. The first-order chi connectivity index (χ1) is 4.74. The summed E-state index contributed by atoms with van der Waals surface area (Å²) in [5.74, 6) is 5.15. The quantitative estimate of drug-likeness (QED) is 0.148. The van der Waals surface area contributed by atoms with Gasteiger partial charge in [-0.2, -0.15) is 0 Å². The van der Waals surface area contributed by atoms with Crippen LogP contribution in [-0.4, -0.2) is 5.11 Å². The Morgan fingerprint density at radius 1 is 1.40 bits per heavy atom. The molecular formula is C6H9N3O. The van der Waals surface area contributed by atoms with Crippen LogP contribution in [0, 0.1) is 0 Å². The Morgan fingerprint density at radius 2 is 2.10 bits per heavy atom. The molecule has 6 N–H and O–H groups in total. The van der Waals surface area contributed by atoms with E-state index in [1.165, 1.54) is 6.07 Å². The summed E-state index contributed by atoms with van der Waals surface area (Å²) in [7, 11) is 0. The molecule has 1 rings (SSSR count). The van der Waals surface area contributed by atoms with Crippen molar-refractivity contribution in [3.05, 3.63) is 18.2 Å². The maximum absolute atomic E-state index is 8.95. The van der Waals surface area contributed by atoms with Crippen molar-refractivity contribution in [3.63, 3.8) is 0 Å². The van der Waals surface area contributed by atoms with Crippen molar-refractivity contribution in [2.45, 2.75) is 0 Å². The largest absolute Gasteiger partial charge is 0.506 e. The third kappa shape index (κ3) is 1.11. The molecule has 0 aromatic heterocycles. The van der Waals surface area contributed by atoms with E-state index >= 15 is 0 Å². The summed E-state index contributed by atoms with van der Waals surface area (Å²) in [5, 5.41) is 8.95. The highest BCUT2D eigenvalue weighted by Gasteiger charge is 1.95. The van der Waals surface area contributed by atoms with Crippen LogP contribution in [0.5, 0.6) is 5.75 Å². The Labute approximate surface area is 58.4 Å². The van der Waals surface area contributed by atoms with E-state index in [1.54, 1.807) is 12.1 Å². The van der Waals surface area contributed by atoms with E-state index in [2.05, 4.69) is 5.43 Å². The van der Waals surface area contributed by atoms with E-state index < -0.39 is 0 Å². The summed E-state index contributed by atoms with van der Waals surface area (Å²) >= 11 is 0. The topological polar surface area (TPSA) is 84.3 Å². The van der Waals surface area contributed by atoms with Crippen LogP contribution in [0.2, 0.25) is 0 Å². The molecule has 0 amide bonds. The Bertz CT molecular complexity index is 236. The van der Waals surface area contributed by atoms with Crippen LogP contribution in [-0.2, 0) is 0 Å². The first-order valence-electron chi connectivity index (χ1n) is 2.79. The van der Waals surface area contributed by atoms with Crippen molar-refractivity contribution in [1.29, 1.82) is 0 Å². The van der Waals surface area contributed by atoms with Gasteiger partial charge in [-0.05, 0) is 18.2 Å². The van der Waals surface area contributed by atoms with Gasteiger partial charge >= 0.3 is 0 Å². The van der Waals surface area contributed by atoms with Crippen LogP contribution in [0.4, 0.5) is 11.4 Å². The summed E-state index contributed by atoms with van der Waals surface area (Å²) in [6.45, 7) is 0. The molecule has 0 atom stereocenters. The zero-order valence-corrected chi connectivity index (χ0v) is 5.33. The predicted molar refractivity (Wildman–Crippen MR) is 40.3 cm³/mol. The summed E-state index contributed by atoms with van der Waals surface area (Å²) in [5.41, 5.74) is 8.75. The number of hydrogen-bond donors (Lipinski definition) is 4. The van der Waals surface area contributed by atoms with Crippen LogP contribution < -0.4 is 17.0 Å². The molecule has 0 saturated heterocycles. The van der Waals surface area contributed by atoms with E-state index in [4.69, 9.17) is 16.7 Å². The van der Waals surface area contributed by atoms with E-state index in [-0.39, 0.29) is 5.75 Å². The molecule has 54 valence electrons. The van der Waals surface area contributed by atoms with Gasteiger partial charge in [-0.1, -0.05) is 0 Å². The van der Waals surface area contributed by atoms with E-state index in [9.17, 15) is 0 Å². The van der Waals surface area contributed by atoms with Gasteiger partial charge in [0.05, 0.1) is 11.4 Å². The summed E-state index contributed by atoms with van der Waals surface area (Å²) in [6, 6.07) is 4.66. The summed E-state index contributed by atoms with van der Waals surface area (Å²) in [4.78, 5) is 0. The number of phenolic OH excluding ortho intramolecular Hbond substituents is 1. The van der Waals surface area contributed by atoms with Crippen molar-refractivity contribution in [3.8, 4) is 5.75 Å². The number of rotatable bonds is 1. The van der Waals surface area contributed by atoms with Gasteiger partial charge in [0.25, 0.3) is 0 Å². The highest BCUT2D eigenvalue weighted by Crippen LogP contribution is 2.22. The molecule has 10 heavy (non-hydrogen) atoms. The number of nitrogens with one attached hydrogen (secondary N) is 1. The number of hydrazine groups is 1. The van der Waals surface area contributed by atoms with Crippen LogP contribution >= 0.6 is 0 Å². The molecule has 0 spiro atoms. The van der Waals surface area contributed by atoms with Crippen molar-refractivity contribution < 1.29 is 5.11 Å². The van der Waals surface area contributed by atoms with Crippen molar-refractivity contribution in [1.82, 2.24) is 0 Å². The lowest BCUT2D eigenvalue weighted by Crippen LogP contribution is -2.06. The SMILES string of the molecule is NNc1ccc(O)c(N)c1. The molecule has 0 bridgehead atoms. The third-order valence-corrected chi connectivity index (χ3v) is 1.19. The zero-order chi connectivity index (χ0) is 7.56. The fraction of sp³-hybridized carbons (Fsp3) is 0. The number of nitrogens with two attached hydrogens (primary N) is 2. The molecule has 0 aliphatic carbocycles. The van der Waals surface area contributed by atoms with Gasteiger partial charge in [0.1, 0.15) is 5.75 Å². The molecule has 0 aliphatic rings. The maximum atomic E-state index is 8.95. The average molecular weight is 139 g/mol. The third-order valence-electron chi connectivity index (χ3n) is 1.19. The van der Waals surface area contributed by atoms with Crippen LogP contribution in [0.3, 0.4) is 0 Å². The first kappa shape index (κ1) is 6.70. The molecule has 0 fully saturated rings. The minimum absolute atomic E-state index is 0.0685. The Hall–Kier alpha value is -1.42. The Kier molecular flexibility index (Phi) is 1.64. The fourth-order valence-electron chi connectivity index (χ4n) is 0.644. The minimum Gasteiger partial charge on any atom is -0.506 e. The van der Waals surface area contributed by atoms with Crippen molar-refractivity contribution in [2.24, 2.45) is 5.84 Å². The second-order valence-corrected chi connectivity index (χ2v) is 1.92. The number of nitrogen functional groups attached to an aromatic ring is 2. The molecule has 1 aromatic carbocycles. The van der Waals surface area contributed by atoms with E-state index in [0.717, 1.165) is 0 Å². The van der Waals surface area contributed by atoms with Gasteiger partial charge in [-0.25, -0.2) is 0 Å². The first-order valence-corrected chi connectivity index (χ1v) is 2.79. The Balaban J connectivity index is 3.04. The van der Waals surface area contributed by atoms with Gasteiger partial charge in [0.2, 0.25) is 0 Å². The lowest BCUT2D eigenvalue weighted by atomic mass is 10.2. The average Bonchev–Trinajstić information content (AvgIpc) is 1.95. The maximum Gasteiger partial charge on any atom is 0.138 e. The number of hydrogen-bond acceptors (Lipinski definition) is 4. The molecule has 0 unspecified atom stereocenters.